The number of fused-ring (bicyclic) bond motifs is 1. The van der Waals surface area contributed by atoms with Gasteiger partial charge in [0.25, 0.3) is 0 Å². The maximum Gasteiger partial charge on any atom is 0.227 e. The average molecular weight is 326 g/mol. The van der Waals surface area contributed by atoms with E-state index in [-0.39, 0.29) is 30.2 Å². The number of aromatic nitrogens is 2. The number of amides is 1. The van der Waals surface area contributed by atoms with Gasteiger partial charge in [-0.1, -0.05) is 12.1 Å². The van der Waals surface area contributed by atoms with E-state index >= 15 is 0 Å². The molecule has 2 aromatic rings. The molecule has 0 radical (unpaired) electrons. The molecule has 0 N–H and O–H groups in total. The number of hydrogen-bond donors (Lipinski definition) is 0. The summed E-state index contributed by atoms with van der Waals surface area (Å²) in [7, 11) is 0. The van der Waals surface area contributed by atoms with Crippen molar-refractivity contribution in [1.82, 2.24) is 14.9 Å². The maximum absolute atomic E-state index is 13.3. The minimum Gasteiger partial charge on any atom is -0.337 e. The second-order valence-corrected chi connectivity index (χ2v) is 6.35. The third-order valence-electron chi connectivity index (χ3n) is 4.95. The second-order valence-electron chi connectivity index (χ2n) is 6.35. The van der Waals surface area contributed by atoms with Crippen LogP contribution in [-0.4, -0.2) is 45.9 Å². The molecule has 2 aliphatic heterocycles. The van der Waals surface area contributed by atoms with Crippen LogP contribution in [0.2, 0.25) is 0 Å². The summed E-state index contributed by atoms with van der Waals surface area (Å²) in [5, 5.41) is 0. The van der Waals surface area contributed by atoms with Crippen molar-refractivity contribution in [3.05, 3.63) is 54.1 Å². The van der Waals surface area contributed by atoms with Crippen molar-refractivity contribution < 1.29 is 9.18 Å². The van der Waals surface area contributed by atoms with Crippen LogP contribution in [0.1, 0.15) is 18.4 Å². The molecule has 2 atom stereocenters. The Morgan fingerprint density at radius 2 is 1.92 bits per heavy atom. The highest BCUT2D eigenvalue weighted by Gasteiger charge is 2.45. The Hall–Kier alpha value is -2.50. The molecule has 0 bridgehead atoms. The minimum atomic E-state index is -0.298. The van der Waals surface area contributed by atoms with Crippen molar-refractivity contribution in [3.63, 3.8) is 0 Å². The normalized spacial score (nSPS) is 22.7. The Bertz CT molecular complexity index is 739. The summed E-state index contributed by atoms with van der Waals surface area (Å²) < 4.78 is 13.3. The number of halogens is 1. The smallest absolute Gasteiger partial charge is 0.227 e. The third-order valence-corrected chi connectivity index (χ3v) is 4.95. The van der Waals surface area contributed by atoms with Gasteiger partial charge in [-0.2, -0.15) is 0 Å². The molecule has 1 amide bonds. The van der Waals surface area contributed by atoms with Gasteiger partial charge in [0.05, 0.1) is 18.5 Å². The van der Waals surface area contributed by atoms with E-state index in [1.807, 2.05) is 4.90 Å². The zero-order valence-electron chi connectivity index (χ0n) is 13.3. The molecule has 124 valence electrons. The highest BCUT2D eigenvalue weighted by atomic mass is 19.1. The zero-order valence-corrected chi connectivity index (χ0v) is 13.3. The molecule has 24 heavy (non-hydrogen) atoms. The van der Waals surface area contributed by atoms with Crippen molar-refractivity contribution in [2.45, 2.75) is 31.3 Å². The summed E-state index contributed by atoms with van der Waals surface area (Å²) >= 11 is 0. The van der Waals surface area contributed by atoms with Crippen LogP contribution in [0.25, 0.3) is 0 Å². The number of rotatable bonds is 3. The lowest BCUT2D eigenvalue weighted by atomic mass is 10.1. The standard InChI is InChI=1S/C18H19FN4O/c19-14-4-1-3-13(11-14)12-17(24)22-9-5-16-15(22)6-10-23(16)18-20-7-2-8-21-18/h1-4,7-8,11,15-16H,5-6,9-10,12H2/t15-,16-/m0/s1. The molecule has 5 nitrogen and oxygen atoms in total. The van der Waals surface area contributed by atoms with Crippen LogP contribution in [0, 0.1) is 5.82 Å². The molecular formula is C18H19FN4O. The van der Waals surface area contributed by atoms with Gasteiger partial charge >= 0.3 is 0 Å². The number of anilines is 1. The summed E-state index contributed by atoms with van der Waals surface area (Å²) in [5.41, 5.74) is 0.727. The van der Waals surface area contributed by atoms with E-state index in [4.69, 9.17) is 0 Å². The topological polar surface area (TPSA) is 49.3 Å². The average Bonchev–Trinajstić information content (AvgIpc) is 3.17. The van der Waals surface area contributed by atoms with Gasteiger partial charge in [0.2, 0.25) is 11.9 Å². The first-order valence-corrected chi connectivity index (χ1v) is 8.30. The van der Waals surface area contributed by atoms with E-state index in [1.165, 1.54) is 12.1 Å². The van der Waals surface area contributed by atoms with Crippen LogP contribution in [0.5, 0.6) is 0 Å². The first kappa shape index (κ1) is 15.1. The lowest BCUT2D eigenvalue weighted by molar-refractivity contribution is -0.131. The fraction of sp³-hybridized carbons (Fsp3) is 0.389. The first-order valence-electron chi connectivity index (χ1n) is 8.30. The van der Waals surface area contributed by atoms with Crippen molar-refractivity contribution in [1.29, 1.82) is 0 Å². The van der Waals surface area contributed by atoms with Crippen LogP contribution in [0.4, 0.5) is 10.3 Å². The molecular weight excluding hydrogens is 307 g/mol. The highest BCUT2D eigenvalue weighted by molar-refractivity contribution is 5.79. The van der Waals surface area contributed by atoms with Crippen LogP contribution < -0.4 is 4.90 Å². The number of carbonyl (C=O) groups excluding carboxylic acids is 1. The quantitative estimate of drug-likeness (QED) is 0.866. The van der Waals surface area contributed by atoms with Crippen LogP contribution in [0.15, 0.2) is 42.7 Å². The maximum atomic E-state index is 13.3. The number of benzene rings is 1. The fourth-order valence-electron chi connectivity index (χ4n) is 3.91. The molecule has 6 heteroatoms. The van der Waals surface area contributed by atoms with E-state index < -0.39 is 0 Å². The molecule has 3 heterocycles. The van der Waals surface area contributed by atoms with Gasteiger partial charge in [0.15, 0.2) is 0 Å². The summed E-state index contributed by atoms with van der Waals surface area (Å²) in [6.07, 6.45) is 5.60. The number of hydrogen-bond acceptors (Lipinski definition) is 4. The van der Waals surface area contributed by atoms with Gasteiger partial charge in [-0.3, -0.25) is 4.79 Å². The molecule has 1 aromatic heterocycles. The fourth-order valence-corrected chi connectivity index (χ4v) is 3.91. The van der Waals surface area contributed by atoms with Gasteiger partial charge in [0.1, 0.15) is 5.82 Å². The van der Waals surface area contributed by atoms with Gasteiger partial charge in [-0.25, -0.2) is 14.4 Å². The predicted octanol–water partition coefficient (Wildman–Crippen LogP) is 2.04. The Labute approximate surface area is 140 Å². The largest absolute Gasteiger partial charge is 0.337 e. The van der Waals surface area contributed by atoms with E-state index in [9.17, 15) is 9.18 Å². The number of carbonyl (C=O) groups is 1. The van der Waals surface area contributed by atoms with Crippen molar-refractivity contribution >= 4 is 11.9 Å². The molecule has 2 aliphatic rings. The number of likely N-dealkylation sites (tertiary alicyclic amines) is 1. The lowest BCUT2D eigenvalue weighted by Gasteiger charge is -2.25. The minimum absolute atomic E-state index is 0.0731. The molecule has 0 unspecified atom stereocenters. The van der Waals surface area contributed by atoms with E-state index in [0.717, 1.165) is 37.4 Å². The van der Waals surface area contributed by atoms with E-state index in [2.05, 4.69) is 14.9 Å². The Balaban J connectivity index is 1.46. The Morgan fingerprint density at radius 1 is 1.12 bits per heavy atom. The molecule has 1 aromatic carbocycles. The van der Waals surface area contributed by atoms with Crippen LogP contribution in [0.3, 0.4) is 0 Å². The molecule has 2 saturated heterocycles. The zero-order chi connectivity index (χ0) is 16.5. The van der Waals surface area contributed by atoms with Crippen molar-refractivity contribution in [3.8, 4) is 0 Å². The Kier molecular flexibility index (Phi) is 3.88. The lowest BCUT2D eigenvalue weighted by Crippen LogP contribution is -2.40. The molecule has 0 spiro atoms. The Morgan fingerprint density at radius 3 is 2.71 bits per heavy atom. The van der Waals surface area contributed by atoms with Crippen LogP contribution in [-0.2, 0) is 11.2 Å². The van der Waals surface area contributed by atoms with E-state index in [1.54, 1.807) is 30.6 Å². The molecule has 4 rings (SSSR count). The monoisotopic (exact) mass is 326 g/mol. The van der Waals surface area contributed by atoms with E-state index in [0.29, 0.717) is 0 Å². The van der Waals surface area contributed by atoms with Crippen molar-refractivity contribution in [2.24, 2.45) is 0 Å². The SMILES string of the molecule is O=C(Cc1cccc(F)c1)N1CC[C@H]2[C@@H]1CCN2c1ncccn1. The molecule has 2 fully saturated rings. The predicted molar refractivity (Wildman–Crippen MR) is 88.0 cm³/mol. The molecule has 0 saturated carbocycles. The van der Waals surface area contributed by atoms with Crippen LogP contribution >= 0.6 is 0 Å². The van der Waals surface area contributed by atoms with Gasteiger partial charge < -0.3 is 9.80 Å². The summed E-state index contributed by atoms with van der Waals surface area (Å²) in [6, 6.07) is 8.57. The summed E-state index contributed by atoms with van der Waals surface area (Å²) in [4.78, 5) is 25.5. The summed E-state index contributed by atoms with van der Waals surface area (Å²) in [5.74, 6) is 0.515. The third kappa shape index (κ3) is 2.72. The highest BCUT2D eigenvalue weighted by Crippen LogP contribution is 2.33. The van der Waals surface area contributed by atoms with Crippen molar-refractivity contribution in [2.75, 3.05) is 18.0 Å². The van der Waals surface area contributed by atoms with Gasteiger partial charge in [-0.05, 0) is 36.6 Å². The number of nitrogens with zero attached hydrogens (tertiary/aromatic N) is 4. The first-order chi connectivity index (χ1) is 11.7. The second kappa shape index (κ2) is 6.19. The van der Waals surface area contributed by atoms with Gasteiger partial charge in [0, 0.05) is 25.5 Å². The summed E-state index contributed by atoms with van der Waals surface area (Å²) in [6.45, 7) is 1.61. The molecule has 0 aliphatic carbocycles. The van der Waals surface area contributed by atoms with Gasteiger partial charge in [-0.15, -0.1) is 0 Å².